The highest BCUT2D eigenvalue weighted by molar-refractivity contribution is 5.83. The van der Waals surface area contributed by atoms with Crippen LogP contribution in [0.25, 0.3) is 6.08 Å². The number of phenols is 1. The lowest BCUT2D eigenvalue weighted by atomic mass is 10.1. The highest BCUT2D eigenvalue weighted by Crippen LogP contribution is 2.17. The van der Waals surface area contributed by atoms with E-state index in [0.29, 0.717) is 6.61 Å². The highest BCUT2D eigenvalue weighted by Gasteiger charge is 1.95. The molecule has 0 spiro atoms. The maximum Gasteiger partial charge on any atom is 0.330 e. The fourth-order valence-corrected chi connectivity index (χ4v) is 1.67. The first kappa shape index (κ1) is 17.5. The van der Waals surface area contributed by atoms with Crippen LogP contribution in [0.1, 0.15) is 26.3 Å². The molecule has 1 rings (SSSR count). The van der Waals surface area contributed by atoms with E-state index in [-0.39, 0.29) is 11.7 Å². The summed E-state index contributed by atoms with van der Waals surface area (Å²) in [6, 6.07) is 7.17. The lowest BCUT2D eigenvalue weighted by Crippen LogP contribution is -1.99. The van der Waals surface area contributed by atoms with Crippen molar-refractivity contribution in [1.82, 2.24) is 0 Å². The van der Waals surface area contributed by atoms with E-state index in [1.165, 1.54) is 6.08 Å². The average molecular weight is 298 g/mol. The van der Waals surface area contributed by atoms with Gasteiger partial charge in [-0.05, 0) is 32.4 Å². The van der Waals surface area contributed by atoms with Crippen LogP contribution in [-0.4, -0.2) is 17.7 Å². The van der Waals surface area contributed by atoms with Crippen LogP contribution < -0.4 is 0 Å². The first-order valence-corrected chi connectivity index (χ1v) is 7.19. The van der Waals surface area contributed by atoms with E-state index in [1.54, 1.807) is 19.1 Å². The van der Waals surface area contributed by atoms with Gasteiger partial charge in [-0.15, -0.1) is 0 Å². The van der Waals surface area contributed by atoms with Crippen molar-refractivity contribution in [3.63, 3.8) is 0 Å². The van der Waals surface area contributed by atoms with Gasteiger partial charge in [0.25, 0.3) is 0 Å². The van der Waals surface area contributed by atoms with Crippen molar-refractivity contribution in [3.05, 3.63) is 71.4 Å². The minimum Gasteiger partial charge on any atom is -0.507 e. The SMILES string of the molecule is CCOC(=O)C=C(C)C=CC=C(C)C=Cc1ccccc1O. The third-order valence-corrected chi connectivity index (χ3v) is 2.81. The molecule has 22 heavy (non-hydrogen) atoms. The molecule has 0 fully saturated rings. The van der Waals surface area contributed by atoms with Gasteiger partial charge in [0, 0.05) is 11.6 Å². The molecule has 0 atom stereocenters. The van der Waals surface area contributed by atoms with Gasteiger partial charge < -0.3 is 9.84 Å². The number of benzene rings is 1. The summed E-state index contributed by atoms with van der Waals surface area (Å²) < 4.78 is 4.84. The van der Waals surface area contributed by atoms with Gasteiger partial charge in [0.05, 0.1) is 6.61 Å². The predicted molar refractivity (Wildman–Crippen MR) is 90.4 cm³/mol. The molecule has 3 heteroatoms. The molecule has 0 radical (unpaired) electrons. The van der Waals surface area contributed by atoms with Gasteiger partial charge in [-0.25, -0.2) is 4.79 Å². The predicted octanol–water partition coefficient (Wildman–Crippen LogP) is 4.42. The van der Waals surface area contributed by atoms with Crippen LogP contribution in [0.2, 0.25) is 0 Å². The van der Waals surface area contributed by atoms with Crippen molar-refractivity contribution in [2.45, 2.75) is 20.8 Å². The fraction of sp³-hybridized carbons (Fsp3) is 0.211. The second kappa shape index (κ2) is 9.40. The molecule has 0 aliphatic rings. The molecular formula is C19H22O3. The maximum atomic E-state index is 11.3. The van der Waals surface area contributed by atoms with E-state index < -0.39 is 0 Å². The summed E-state index contributed by atoms with van der Waals surface area (Å²) in [6.45, 7) is 5.96. The van der Waals surface area contributed by atoms with Crippen molar-refractivity contribution in [2.75, 3.05) is 6.61 Å². The second-order valence-electron chi connectivity index (χ2n) is 4.80. The molecule has 0 saturated carbocycles. The molecule has 0 saturated heterocycles. The number of hydrogen-bond donors (Lipinski definition) is 1. The van der Waals surface area contributed by atoms with Gasteiger partial charge >= 0.3 is 5.97 Å². The minimum atomic E-state index is -0.329. The molecule has 3 nitrogen and oxygen atoms in total. The number of carbonyl (C=O) groups is 1. The third kappa shape index (κ3) is 6.75. The summed E-state index contributed by atoms with van der Waals surface area (Å²) in [5.74, 6) is -0.0693. The fourth-order valence-electron chi connectivity index (χ4n) is 1.67. The monoisotopic (exact) mass is 298 g/mol. The Kier molecular flexibility index (Phi) is 7.48. The maximum absolute atomic E-state index is 11.3. The van der Waals surface area contributed by atoms with E-state index in [9.17, 15) is 9.90 Å². The van der Waals surface area contributed by atoms with Crippen molar-refractivity contribution in [2.24, 2.45) is 0 Å². The summed E-state index contributed by atoms with van der Waals surface area (Å²) in [4.78, 5) is 11.3. The first-order chi connectivity index (χ1) is 10.5. The van der Waals surface area contributed by atoms with Crippen LogP contribution in [0.3, 0.4) is 0 Å². The smallest absolute Gasteiger partial charge is 0.330 e. The average Bonchev–Trinajstić information content (AvgIpc) is 2.46. The summed E-state index contributed by atoms with van der Waals surface area (Å²) in [7, 11) is 0. The van der Waals surface area contributed by atoms with Crippen LogP contribution in [0.5, 0.6) is 5.75 Å². The standard InChI is InChI=1S/C19H22O3/c1-4-22-19(21)14-16(3)9-7-8-15(2)12-13-17-10-5-6-11-18(17)20/h5-14,20H,4H2,1-3H3. The van der Waals surface area contributed by atoms with Crippen molar-refractivity contribution in [1.29, 1.82) is 0 Å². The number of hydrogen-bond acceptors (Lipinski definition) is 3. The largest absolute Gasteiger partial charge is 0.507 e. The quantitative estimate of drug-likeness (QED) is 0.480. The topological polar surface area (TPSA) is 46.5 Å². The Morgan fingerprint density at radius 1 is 1.18 bits per heavy atom. The molecule has 0 unspecified atom stereocenters. The van der Waals surface area contributed by atoms with E-state index in [2.05, 4.69) is 0 Å². The number of carbonyl (C=O) groups excluding carboxylic acids is 1. The Bertz CT molecular complexity index is 619. The van der Waals surface area contributed by atoms with Crippen molar-refractivity contribution >= 4 is 12.0 Å². The molecule has 0 aliphatic carbocycles. The molecule has 0 bridgehead atoms. The van der Waals surface area contributed by atoms with Crippen molar-refractivity contribution < 1.29 is 14.6 Å². The van der Waals surface area contributed by atoms with Gasteiger partial charge in [0.2, 0.25) is 0 Å². The summed E-state index contributed by atoms with van der Waals surface area (Å²) >= 11 is 0. The molecule has 116 valence electrons. The van der Waals surface area contributed by atoms with Crippen LogP contribution >= 0.6 is 0 Å². The summed E-state index contributed by atoms with van der Waals surface area (Å²) in [5.41, 5.74) is 2.63. The molecule has 0 aromatic heterocycles. The number of para-hydroxylation sites is 1. The van der Waals surface area contributed by atoms with Gasteiger partial charge in [0.15, 0.2) is 0 Å². The lowest BCUT2D eigenvalue weighted by molar-refractivity contribution is -0.137. The molecule has 0 amide bonds. The Morgan fingerprint density at radius 2 is 1.91 bits per heavy atom. The Morgan fingerprint density at radius 3 is 2.59 bits per heavy atom. The number of ether oxygens (including phenoxy) is 1. The molecule has 1 N–H and O–H groups in total. The second-order valence-corrected chi connectivity index (χ2v) is 4.80. The van der Waals surface area contributed by atoms with E-state index in [4.69, 9.17) is 4.74 Å². The normalized spacial score (nSPS) is 13.0. The number of aromatic hydroxyl groups is 1. The van der Waals surface area contributed by atoms with E-state index in [0.717, 1.165) is 16.7 Å². The molecule has 0 aliphatic heterocycles. The Labute approximate surface area is 131 Å². The number of rotatable bonds is 6. The zero-order valence-electron chi connectivity index (χ0n) is 13.2. The lowest BCUT2D eigenvalue weighted by Gasteiger charge is -1.97. The van der Waals surface area contributed by atoms with Gasteiger partial charge in [-0.1, -0.05) is 54.2 Å². The minimum absolute atomic E-state index is 0.260. The van der Waals surface area contributed by atoms with Crippen LogP contribution in [0, 0.1) is 0 Å². The summed E-state index contributed by atoms with van der Waals surface area (Å²) in [5, 5.41) is 9.66. The van der Waals surface area contributed by atoms with Gasteiger partial charge in [-0.3, -0.25) is 0 Å². The van der Waals surface area contributed by atoms with Gasteiger partial charge in [0.1, 0.15) is 5.75 Å². The van der Waals surface area contributed by atoms with Gasteiger partial charge in [-0.2, -0.15) is 0 Å². The number of phenolic OH excluding ortho intramolecular Hbond substituents is 1. The zero-order chi connectivity index (χ0) is 16.4. The van der Waals surface area contributed by atoms with Crippen molar-refractivity contribution in [3.8, 4) is 5.75 Å². The molecular weight excluding hydrogens is 276 g/mol. The number of esters is 1. The Balaban J connectivity index is 2.64. The molecule has 1 aromatic carbocycles. The van der Waals surface area contributed by atoms with Crippen LogP contribution in [0.4, 0.5) is 0 Å². The highest BCUT2D eigenvalue weighted by atomic mass is 16.5. The third-order valence-electron chi connectivity index (χ3n) is 2.81. The summed E-state index contributed by atoms with van der Waals surface area (Å²) in [6.07, 6.45) is 10.9. The van der Waals surface area contributed by atoms with E-state index in [1.807, 2.05) is 56.4 Å². The van der Waals surface area contributed by atoms with Crippen LogP contribution in [-0.2, 0) is 9.53 Å². The zero-order valence-corrected chi connectivity index (χ0v) is 13.2. The Hall–Kier alpha value is -2.55. The molecule has 0 heterocycles. The van der Waals surface area contributed by atoms with Crippen LogP contribution in [0.15, 0.2) is 65.8 Å². The first-order valence-electron chi connectivity index (χ1n) is 7.19. The van der Waals surface area contributed by atoms with E-state index >= 15 is 0 Å². The number of allylic oxidation sites excluding steroid dienone is 6. The molecule has 1 aromatic rings.